The second-order valence-corrected chi connectivity index (χ2v) is 6.78. The first-order chi connectivity index (χ1) is 10.0. The molecule has 1 aliphatic rings. The van der Waals surface area contributed by atoms with Crippen LogP contribution in [0.15, 0.2) is 24.3 Å². The summed E-state index contributed by atoms with van der Waals surface area (Å²) < 4.78 is 0. The smallest absolute Gasteiger partial charge is 0.232 e. The topological polar surface area (TPSA) is 60.8 Å². The summed E-state index contributed by atoms with van der Waals surface area (Å²) in [4.78, 5) is 13.8. The molecular formula is C15H20ClNO3S. The lowest BCUT2D eigenvalue weighted by molar-refractivity contribution is -0.137. The van der Waals surface area contributed by atoms with Gasteiger partial charge in [-0.15, -0.1) is 11.8 Å². The number of amides is 1. The van der Waals surface area contributed by atoms with E-state index < -0.39 is 5.60 Å². The number of piperidine rings is 1. The third kappa shape index (κ3) is 4.61. The number of aliphatic hydroxyl groups is 2. The highest BCUT2D eigenvalue weighted by molar-refractivity contribution is 7.99. The highest BCUT2D eigenvalue weighted by Crippen LogP contribution is 2.23. The van der Waals surface area contributed by atoms with E-state index in [9.17, 15) is 15.0 Å². The Hall–Kier alpha value is -0.750. The van der Waals surface area contributed by atoms with Crippen LogP contribution < -0.4 is 0 Å². The van der Waals surface area contributed by atoms with Crippen LogP contribution in [0.1, 0.15) is 18.4 Å². The molecule has 1 aliphatic heterocycles. The molecule has 21 heavy (non-hydrogen) atoms. The first-order valence-electron chi connectivity index (χ1n) is 6.96. The van der Waals surface area contributed by atoms with Crippen LogP contribution in [0.25, 0.3) is 0 Å². The maximum atomic E-state index is 12.2. The first kappa shape index (κ1) is 16.6. The van der Waals surface area contributed by atoms with Gasteiger partial charge in [-0.05, 0) is 24.5 Å². The Kier molecular flexibility index (Phi) is 5.93. The van der Waals surface area contributed by atoms with Gasteiger partial charge in [0.2, 0.25) is 5.91 Å². The highest BCUT2D eigenvalue weighted by atomic mass is 35.5. The number of rotatable bonds is 5. The highest BCUT2D eigenvalue weighted by Gasteiger charge is 2.34. The van der Waals surface area contributed by atoms with E-state index in [0.717, 1.165) is 12.0 Å². The molecule has 1 fully saturated rings. The van der Waals surface area contributed by atoms with E-state index in [1.807, 2.05) is 24.3 Å². The number of carbonyl (C=O) groups is 1. The molecule has 1 aromatic carbocycles. The Balaban J connectivity index is 1.81. The van der Waals surface area contributed by atoms with Gasteiger partial charge in [0.15, 0.2) is 0 Å². The van der Waals surface area contributed by atoms with Crippen molar-refractivity contribution in [2.45, 2.75) is 24.2 Å². The maximum absolute atomic E-state index is 12.2. The molecule has 0 aliphatic carbocycles. The van der Waals surface area contributed by atoms with Gasteiger partial charge < -0.3 is 15.1 Å². The van der Waals surface area contributed by atoms with Crippen molar-refractivity contribution in [1.82, 2.24) is 4.90 Å². The third-order valence-electron chi connectivity index (χ3n) is 3.64. The lowest BCUT2D eigenvalue weighted by Crippen LogP contribution is -2.52. The SMILES string of the molecule is O=C(CSCc1ccccc1Cl)N1CCC[C@@](O)(CO)C1. The van der Waals surface area contributed by atoms with E-state index in [1.165, 1.54) is 11.8 Å². The van der Waals surface area contributed by atoms with Gasteiger partial charge in [-0.1, -0.05) is 29.8 Å². The number of hydrogen-bond acceptors (Lipinski definition) is 4. The predicted molar refractivity (Wildman–Crippen MR) is 85.5 cm³/mol. The molecule has 0 unspecified atom stereocenters. The number of β-amino-alcohol motifs (C(OH)–C–C–N with tert-alkyl or cyclic N) is 1. The molecule has 2 N–H and O–H groups in total. The van der Waals surface area contributed by atoms with Gasteiger partial charge in [0.1, 0.15) is 5.60 Å². The molecule has 1 amide bonds. The maximum Gasteiger partial charge on any atom is 0.232 e. The van der Waals surface area contributed by atoms with E-state index in [-0.39, 0.29) is 19.1 Å². The van der Waals surface area contributed by atoms with Crippen molar-refractivity contribution in [3.63, 3.8) is 0 Å². The summed E-state index contributed by atoms with van der Waals surface area (Å²) in [5.74, 6) is 1.04. The molecule has 116 valence electrons. The number of halogens is 1. The van der Waals surface area contributed by atoms with Crippen LogP contribution in [0.5, 0.6) is 0 Å². The van der Waals surface area contributed by atoms with Crippen molar-refractivity contribution in [2.24, 2.45) is 0 Å². The fraction of sp³-hybridized carbons (Fsp3) is 0.533. The first-order valence-corrected chi connectivity index (χ1v) is 8.49. The van der Waals surface area contributed by atoms with Crippen molar-refractivity contribution in [3.05, 3.63) is 34.9 Å². The van der Waals surface area contributed by atoms with Gasteiger partial charge in [0.25, 0.3) is 0 Å². The van der Waals surface area contributed by atoms with E-state index >= 15 is 0 Å². The predicted octanol–water partition coefficient (Wildman–Crippen LogP) is 1.92. The zero-order valence-electron chi connectivity index (χ0n) is 11.8. The largest absolute Gasteiger partial charge is 0.393 e. The fourth-order valence-electron chi connectivity index (χ4n) is 2.41. The summed E-state index contributed by atoms with van der Waals surface area (Å²) in [7, 11) is 0. The van der Waals surface area contributed by atoms with Gasteiger partial charge >= 0.3 is 0 Å². The van der Waals surface area contributed by atoms with Crippen LogP contribution >= 0.6 is 23.4 Å². The molecule has 4 nitrogen and oxygen atoms in total. The van der Waals surface area contributed by atoms with Crippen molar-refractivity contribution in [2.75, 3.05) is 25.4 Å². The number of aliphatic hydroxyl groups excluding tert-OH is 1. The second-order valence-electron chi connectivity index (χ2n) is 5.39. The summed E-state index contributed by atoms with van der Waals surface area (Å²) in [6.07, 6.45) is 1.26. The van der Waals surface area contributed by atoms with E-state index in [1.54, 1.807) is 4.90 Å². The average molecular weight is 330 g/mol. The number of thioether (sulfide) groups is 1. The van der Waals surface area contributed by atoms with Gasteiger partial charge in [-0.3, -0.25) is 4.79 Å². The van der Waals surface area contributed by atoms with Crippen LogP contribution in [-0.4, -0.2) is 52.1 Å². The van der Waals surface area contributed by atoms with Crippen LogP contribution in [-0.2, 0) is 10.5 Å². The summed E-state index contributed by atoms with van der Waals surface area (Å²) in [5, 5.41) is 20.0. The number of carbonyl (C=O) groups excluding carboxylic acids is 1. The zero-order valence-corrected chi connectivity index (χ0v) is 13.4. The average Bonchev–Trinajstić information content (AvgIpc) is 2.49. The van der Waals surface area contributed by atoms with Crippen LogP contribution in [0.2, 0.25) is 5.02 Å². The van der Waals surface area contributed by atoms with Crippen molar-refractivity contribution >= 4 is 29.3 Å². The molecule has 0 bridgehead atoms. The Morgan fingerprint density at radius 1 is 1.43 bits per heavy atom. The van der Waals surface area contributed by atoms with Crippen molar-refractivity contribution in [1.29, 1.82) is 0 Å². The molecule has 1 atom stereocenters. The molecule has 0 aromatic heterocycles. The number of likely N-dealkylation sites (tertiary alicyclic amines) is 1. The van der Waals surface area contributed by atoms with E-state index in [2.05, 4.69) is 0 Å². The molecular weight excluding hydrogens is 310 g/mol. The number of benzene rings is 1. The quantitative estimate of drug-likeness (QED) is 0.866. The number of nitrogens with zero attached hydrogens (tertiary/aromatic N) is 1. The monoisotopic (exact) mass is 329 g/mol. The summed E-state index contributed by atoms with van der Waals surface area (Å²) in [5.41, 5.74) is -0.121. The normalized spacial score (nSPS) is 22.3. The fourth-order valence-corrected chi connectivity index (χ4v) is 3.62. The Labute approximate surface area is 134 Å². The molecule has 1 saturated heterocycles. The summed E-state index contributed by atoms with van der Waals surface area (Å²) in [6.45, 7) is 0.562. The Morgan fingerprint density at radius 2 is 2.19 bits per heavy atom. The third-order valence-corrected chi connectivity index (χ3v) is 4.98. The number of hydrogen-bond donors (Lipinski definition) is 2. The Morgan fingerprint density at radius 3 is 2.90 bits per heavy atom. The standard InChI is InChI=1S/C15H20ClNO3S/c16-13-5-2-1-4-12(13)8-21-9-14(19)17-7-3-6-15(20,10-17)11-18/h1-2,4-5,18,20H,3,6-11H2/t15-/m0/s1. The molecule has 1 aromatic rings. The molecule has 0 radical (unpaired) electrons. The van der Waals surface area contributed by atoms with E-state index in [4.69, 9.17) is 11.6 Å². The minimum atomic E-state index is -1.14. The van der Waals surface area contributed by atoms with Crippen molar-refractivity contribution in [3.8, 4) is 0 Å². The lowest BCUT2D eigenvalue weighted by Gasteiger charge is -2.38. The van der Waals surface area contributed by atoms with Crippen molar-refractivity contribution < 1.29 is 15.0 Å². The second kappa shape index (κ2) is 7.49. The minimum absolute atomic E-state index is 0.00127. The van der Waals surface area contributed by atoms with Crippen LogP contribution in [0.3, 0.4) is 0 Å². The van der Waals surface area contributed by atoms with Gasteiger partial charge in [0.05, 0.1) is 18.9 Å². The molecule has 6 heteroatoms. The van der Waals surface area contributed by atoms with Gasteiger partial charge in [-0.2, -0.15) is 0 Å². The van der Waals surface area contributed by atoms with Crippen LogP contribution in [0.4, 0.5) is 0 Å². The zero-order chi connectivity index (χ0) is 15.3. The molecule has 1 heterocycles. The van der Waals surface area contributed by atoms with E-state index in [0.29, 0.717) is 29.5 Å². The summed E-state index contributed by atoms with van der Waals surface area (Å²) >= 11 is 7.59. The van der Waals surface area contributed by atoms with Crippen LogP contribution in [0, 0.1) is 0 Å². The lowest BCUT2D eigenvalue weighted by atomic mass is 9.94. The molecule has 0 saturated carbocycles. The Bertz CT molecular complexity index is 500. The van der Waals surface area contributed by atoms with Gasteiger partial charge in [0, 0.05) is 17.3 Å². The molecule has 0 spiro atoms. The minimum Gasteiger partial charge on any atom is -0.393 e. The van der Waals surface area contributed by atoms with Gasteiger partial charge in [-0.25, -0.2) is 0 Å². The summed E-state index contributed by atoms with van der Waals surface area (Å²) in [6, 6.07) is 7.59. The molecule has 2 rings (SSSR count).